The highest BCUT2D eigenvalue weighted by Crippen LogP contribution is 2.44. The molecule has 30 heavy (non-hydrogen) atoms. The van der Waals surface area contributed by atoms with Crippen molar-refractivity contribution in [2.24, 2.45) is 5.10 Å². The number of para-hydroxylation sites is 2. The van der Waals surface area contributed by atoms with E-state index in [0.717, 1.165) is 41.2 Å². The Morgan fingerprint density at radius 1 is 1.10 bits per heavy atom. The van der Waals surface area contributed by atoms with Crippen molar-refractivity contribution in [3.63, 3.8) is 0 Å². The van der Waals surface area contributed by atoms with Crippen LogP contribution in [0, 0.1) is 0 Å². The van der Waals surface area contributed by atoms with Crippen LogP contribution in [0.4, 0.5) is 5.69 Å². The molecular weight excluding hydrogens is 396 g/mol. The van der Waals surface area contributed by atoms with Crippen molar-refractivity contribution in [3.05, 3.63) is 59.7 Å². The first kappa shape index (κ1) is 19.3. The maximum Gasteiger partial charge on any atom is 0.255 e. The molecule has 1 fully saturated rings. The number of hydrazone groups is 1. The van der Waals surface area contributed by atoms with Crippen LogP contribution in [0.1, 0.15) is 55.9 Å². The highest BCUT2D eigenvalue weighted by Gasteiger charge is 2.42. The third-order valence-corrected chi connectivity index (χ3v) is 6.60. The molecule has 0 radical (unpaired) electrons. The van der Waals surface area contributed by atoms with Crippen LogP contribution in [0.15, 0.2) is 53.6 Å². The Bertz CT molecular complexity index is 973. The number of nitrogens with zero attached hydrogens (tertiary/aromatic N) is 2. The Balaban J connectivity index is 1.57. The van der Waals surface area contributed by atoms with E-state index in [2.05, 4.69) is 23.6 Å². The second-order valence-corrected chi connectivity index (χ2v) is 9.06. The SMILES string of the molecule is CCSC1=NN2[C@H](c3ccccc3OC3CCCC3)Nc3ccccc3[C@@H]2C(=O)N1. The number of carbonyl (C=O) groups is 1. The van der Waals surface area contributed by atoms with Crippen molar-refractivity contribution in [2.75, 3.05) is 11.1 Å². The molecule has 1 saturated carbocycles. The lowest BCUT2D eigenvalue weighted by atomic mass is 9.97. The number of rotatable bonds is 4. The quantitative estimate of drug-likeness (QED) is 0.752. The predicted octanol–water partition coefficient (Wildman–Crippen LogP) is 4.63. The summed E-state index contributed by atoms with van der Waals surface area (Å²) in [5.41, 5.74) is 2.89. The number of hydrogen-bond acceptors (Lipinski definition) is 6. The normalized spacial score (nSPS) is 23.2. The largest absolute Gasteiger partial charge is 0.490 e. The number of hydrogen-bond donors (Lipinski definition) is 2. The standard InChI is InChI=1S/C23H26N4O2S/c1-2-30-23-25-22(28)20-16-11-5-7-13-18(16)24-21(27(20)26-23)17-12-6-8-14-19(17)29-15-9-3-4-10-15/h5-8,11-15,20-21,24H,2-4,9-10H2,1H3,(H,25,26,28)/t20-,21-/m1/s1. The van der Waals surface area contributed by atoms with Gasteiger partial charge in [0.05, 0.1) is 6.10 Å². The summed E-state index contributed by atoms with van der Waals surface area (Å²) in [6.07, 6.45) is 4.60. The second-order valence-electron chi connectivity index (χ2n) is 7.81. The van der Waals surface area contributed by atoms with Gasteiger partial charge < -0.3 is 15.4 Å². The fourth-order valence-electron chi connectivity index (χ4n) is 4.47. The van der Waals surface area contributed by atoms with Gasteiger partial charge in [0.1, 0.15) is 11.9 Å². The number of fused-ring (bicyclic) bond motifs is 3. The number of carbonyl (C=O) groups excluding carboxylic acids is 1. The third kappa shape index (κ3) is 3.51. The molecule has 0 bridgehead atoms. The molecule has 2 aliphatic heterocycles. The van der Waals surface area contributed by atoms with Crippen molar-refractivity contribution in [3.8, 4) is 5.75 Å². The summed E-state index contributed by atoms with van der Waals surface area (Å²) in [6.45, 7) is 2.05. The fourth-order valence-corrected chi connectivity index (χ4v) is 5.07. The van der Waals surface area contributed by atoms with Gasteiger partial charge in [-0.25, -0.2) is 0 Å². The first-order valence-electron chi connectivity index (χ1n) is 10.7. The molecule has 7 heteroatoms. The van der Waals surface area contributed by atoms with Crippen LogP contribution >= 0.6 is 11.8 Å². The Morgan fingerprint density at radius 2 is 1.83 bits per heavy atom. The van der Waals surface area contributed by atoms with Gasteiger partial charge in [0.25, 0.3) is 5.91 Å². The van der Waals surface area contributed by atoms with E-state index in [9.17, 15) is 4.79 Å². The van der Waals surface area contributed by atoms with Gasteiger partial charge in [0.15, 0.2) is 11.2 Å². The predicted molar refractivity (Wildman–Crippen MR) is 120 cm³/mol. The topological polar surface area (TPSA) is 66.0 Å². The zero-order chi connectivity index (χ0) is 20.5. The average molecular weight is 423 g/mol. The molecule has 5 rings (SSSR count). The Labute approximate surface area is 181 Å². The minimum Gasteiger partial charge on any atom is -0.490 e. The molecule has 2 aromatic rings. The molecule has 0 saturated heterocycles. The van der Waals surface area contributed by atoms with Crippen molar-refractivity contribution in [1.29, 1.82) is 0 Å². The summed E-state index contributed by atoms with van der Waals surface area (Å²) in [5.74, 6) is 1.66. The first-order valence-corrected chi connectivity index (χ1v) is 11.6. The number of thioether (sulfide) groups is 1. The highest BCUT2D eigenvalue weighted by atomic mass is 32.2. The van der Waals surface area contributed by atoms with Crippen molar-refractivity contribution < 1.29 is 9.53 Å². The van der Waals surface area contributed by atoms with E-state index >= 15 is 0 Å². The zero-order valence-electron chi connectivity index (χ0n) is 17.0. The lowest BCUT2D eigenvalue weighted by Gasteiger charge is -2.44. The molecule has 1 aliphatic carbocycles. The number of anilines is 1. The fraction of sp³-hybridized carbons (Fsp3) is 0.391. The summed E-state index contributed by atoms with van der Waals surface area (Å²) in [5, 5.41) is 14.0. The number of benzene rings is 2. The van der Waals surface area contributed by atoms with Crippen LogP contribution in [0.2, 0.25) is 0 Å². The molecule has 6 nitrogen and oxygen atoms in total. The average Bonchev–Trinajstić information content (AvgIpc) is 3.27. The monoisotopic (exact) mass is 422 g/mol. The van der Waals surface area contributed by atoms with Gasteiger partial charge in [-0.1, -0.05) is 55.1 Å². The molecule has 156 valence electrons. The maximum atomic E-state index is 13.1. The van der Waals surface area contributed by atoms with Crippen molar-refractivity contribution in [2.45, 2.75) is 50.9 Å². The first-order chi connectivity index (χ1) is 14.7. The van der Waals surface area contributed by atoms with Crippen molar-refractivity contribution >= 4 is 28.5 Å². The lowest BCUT2D eigenvalue weighted by Crippen LogP contribution is -2.51. The number of amidine groups is 1. The number of amides is 1. The zero-order valence-corrected chi connectivity index (χ0v) is 17.8. The van der Waals surface area contributed by atoms with E-state index < -0.39 is 6.04 Å². The molecule has 0 unspecified atom stereocenters. The molecule has 0 aromatic heterocycles. The Morgan fingerprint density at radius 3 is 2.63 bits per heavy atom. The van der Waals surface area contributed by atoms with Gasteiger partial charge >= 0.3 is 0 Å². The molecule has 0 spiro atoms. The molecular formula is C23H26N4O2S. The Hall–Kier alpha value is -2.67. The lowest BCUT2D eigenvalue weighted by molar-refractivity contribution is -0.127. The van der Waals surface area contributed by atoms with Gasteiger partial charge in [-0.15, -0.1) is 5.10 Å². The van der Waals surface area contributed by atoms with E-state index in [-0.39, 0.29) is 18.2 Å². The summed E-state index contributed by atoms with van der Waals surface area (Å²) >= 11 is 1.54. The van der Waals surface area contributed by atoms with E-state index in [1.807, 2.05) is 47.5 Å². The van der Waals surface area contributed by atoms with Gasteiger partial charge in [-0.3, -0.25) is 9.80 Å². The van der Waals surface area contributed by atoms with E-state index in [4.69, 9.17) is 9.84 Å². The molecule has 2 atom stereocenters. The molecule has 2 aromatic carbocycles. The van der Waals surface area contributed by atoms with Gasteiger partial charge in [-0.2, -0.15) is 0 Å². The summed E-state index contributed by atoms with van der Waals surface area (Å²) < 4.78 is 6.41. The van der Waals surface area contributed by atoms with Crippen LogP contribution in [0.5, 0.6) is 5.75 Å². The molecule has 2 heterocycles. The molecule has 3 aliphatic rings. The van der Waals surface area contributed by atoms with Crippen LogP contribution in [0.3, 0.4) is 0 Å². The number of nitrogens with one attached hydrogen (secondary N) is 2. The number of ether oxygens (including phenoxy) is 1. The van der Waals surface area contributed by atoms with Gasteiger partial charge in [0.2, 0.25) is 0 Å². The third-order valence-electron chi connectivity index (χ3n) is 5.85. The van der Waals surface area contributed by atoms with E-state index in [1.165, 1.54) is 24.6 Å². The van der Waals surface area contributed by atoms with Crippen molar-refractivity contribution in [1.82, 2.24) is 10.3 Å². The smallest absolute Gasteiger partial charge is 0.255 e. The van der Waals surface area contributed by atoms with Crippen LogP contribution in [-0.2, 0) is 4.79 Å². The minimum absolute atomic E-state index is 0.0471. The van der Waals surface area contributed by atoms with Gasteiger partial charge in [0, 0.05) is 16.8 Å². The van der Waals surface area contributed by atoms with E-state index in [1.54, 1.807) is 0 Å². The van der Waals surface area contributed by atoms with Crippen LogP contribution < -0.4 is 15.4 Å². The maximum absolute atomic E-state index is 13.1. The molecule has 2 N–H and O–H groups in total. The Kier molecular flexibility index (Phi) is 5.29. The van der Waals surface area contributed by atoms with E-state index in [0.29, 0.717) is 5.17 Å². The summed E-state index contributed by atoms with van der Waals surface area (Å²) in [4.78, 5) is 13.1. The highest BCUT2D eigenvalue weighted by molar-refractivity contribution is 8.13. The summed E-state index contributed by atoms with van der Waals surface area (Å²) in [7, 11) is 0. The second kappa shape index (κ2) is 8.22. The summed E-state index contributed by atoms with van der Waals surface area (Å²) in [6, 6.07) is 15.6. The minimum atomic E-state index is -0.479. The van der Waals surface area contributed by atoms with Crippen LogP contribution in [0.25, 0.3) is 0 Å². The van der Waals surface area contributed by atoms with Crippen LogP contribution in [-0.4, -0.2) is 27.9 Å². The van der Waals surface area contributed by atoms with Gasteiger partial charge in [-0.05, 0) is 43.6 Å². The molecule has 1 amide bonds.